The maximum absolute atomic E-state index is 9.35. The van der Waals surface area contributed by atoms with Crippen LogP contribution in [-0.2, 0) is 0 Å². The Balaban J connectivity index is 2.89. The van der Waals surface area contributed by atoms with Gasteiger partial charge in [-0.05, 0) is 19.1 Å². The van der Waals surface area contributed by atoms with Crippen LogP contribution in [0.1, 0.15) is 5.69 Å². The largest absolute Gasteiger partial charge is 0.506 e. The zero-order valence-corrected chi connectivity index (χ0v) is 8.21. The minimum Gasteiger partial charge on any atom is -0.506 e. The number of halogens is 1. The summed E-state index contributed by atoms with van der Waals surface area (Å²) in [4.78, 5) is 8.25. The lowest BCUT2D eigenvalue weighted by atomic mass is 10.2. The number of fused-ring (bicyclic) bond motifs is 1. The molecule has 2 rings (SSSR count). The van der Waals surface area contributed by atoms with Crippen molar-refractivity contribution in [2.45, 2.75) is 6.92 Å². The van der Waals surface area contributed by atoms with Crippen LogP contribution in [0.4, 0.5) is 5.69 Å². The van der Waals surface area contributed by atoms with Crippen LogP contribution in [0.5, 0.6) is 5.75 Å². The molecule has 4 nitrogen and oxygen atoms in total. The normalized spacial score (nSPS) is 10.7. The molecule has 72 valence electrons. The van der Waals surface area contributed by atoms with Crippen molar-refractivity contribution < 1.29 is 5.11 Å². The second kappa shape index (κ2) is 2.99. The molecule has 0 unspecified atom stereocenters. The fraction of sp³-hybridized carbons (Fsp3) is 0.111. The van der Waals surface area contributed by atoms with Crippen LogP contribution in [-0.4, -0.2) is 15.1 Å². The van der Waals surface area contributed by atoms with Crippen molar-refractivity contribution in [2.75, 3.05) is 5.73 Å². The molecule has 0 spiro atoms. The van der Waals surface area contributed by atoms with Gasteiger partial charge in [-0.15, -0.1) is 0 Å². The van der Waals surface area contributed by atoms with E-state index in [-0.39, 0.29) is 11.4 Å². The molecule has 2 aromatic rings. The van der Waals surface area contributed by atoms with Gasteiger partial charge in [-0.3, -0.25) is 0 Å². The molecule has 0 fully saturated rings. The van der Waals surface area contributed by atoms with Crippen LogP contribution >= 0.6 is 11.6 Å². The van der Waals surface area contributed by atoms with Crippen LogP contribution in [0.15, 0.2) is 12.1 Å². The number of aromatic hydroxyl groups is 1. The molecule has 0 aliphatic heterocycles. The van der Waals surface area contributed by atoms with Gasteiger partial charge in [-0.1, -0.05) is 11.6 Å². The van der Waals surface area contributed by atoms with Gasteiger partial charge >= 0.3 is 0 Å². The number of nitrogen functional groups attached to an aromatic ring is 1. The van der Waals surface area contributed by atoms with Crippen molar-refractivity contribution in [1.29, 1.82) is 0 Å². The van der Waals surface area contributed by atoms with Gasteiger partial charge in [0.05, 0.1) is 11.2 Å². The molecule has 0 aliphatic rings. The summed E-state index contributed by atoms with van der Waals surface area (Å²) in [6, 6.07) is 3.09. The molecule has 0 saturated carbocycles. The average molecular weight is 210 g/mol. The predicted molar refractivity (Wildman–Crippen MR) is 55.4 cm³/mol. The molecule has 0 bridgehead atoms. The van der Waals surface area contributed by atoms with E-state index in [1.165, 1.54) is 6.07 Å². The predicted octanol–water partition coefficient (Wildman–Crippen LogP) is 1.88. The third-order valence-electron chi connectivity index (χ3n) is 1.97. The Bertz CT molecular complexity index is 513. The van der Waals surface area contributed by atoms with E-state index in [0.29, 0.717) is 21.9 Å². The van der Waals surface area contributed by atoms with Crippen LogP contribution in [0.3, 0.4) is 0 Å². The SMILES string of the molecule is Cc1nc2c(N)c(O)ccc2nc1Cl. The fourth-order valence-electron chi connectivity index (χ4n) is 1.19. The van der Waals surface area contributed by atoms with Gasteiger partial charge in [-0.2, -0.15) is 0 Å². The van der Waals surface area contributed by atoms with Gasteiger partial charge in [0.1, 0.15) is 17.0 Å². The Morgan fingerprint density at radius 2 is 2.07 bits per heavy atom. The molecule has 0 aliphatic carbocycles. The zero-order chi connectivity index (χ0) is 10.3. The molecule has 1 aromatic heterocycles. The Kier molecular flexibility index (Phi) is 1.93. The van der Waals surface area contributed by atoms with Crippen molar-refractivity contribution in [1.82, 2.24) is 9.97 Å². The molecule has 0 amide bonds. The van der Waals surface area contributed by atoms with Crippen LogP contribution in [0.2, 0.25) is 5.15 Å². The number of hydrogen-bond donors (Lipinski definition) is 2. The lowest BCUT2D eigenvalue weighted by Gasteiger charge is -2.04. The second-order valence-electron chi connectivity index (χ2n) is 2.97. The highest BCUT2D eigenvalue weighted by atomic mass is 35.5. The summed E-state index contributed by atoms with van der Waals surface area (Å²) < 4.78 is 0. The standard InChI is InChI=1S/C9H8ClN3O/c1-4-9(10)13-5-2-3-6(14)7(11)8(5)12-4/h2-3,14H,11H2,1H3. The first-order valence-corrected chi connectivity index (χ1v) is 4.38. The number of aryl methyl sites for hydroxylation is 1. The first-order chi connectivity index (χ1) is 6.59. The monoisotopic (exact) mass is 209 g/mol. The van der Waals surface area contributed by atoms with Gasteiger partial charge in [0.15, 0.2) is 5.15 Å². The highest BCUT2D eigenvalue weighted by molar-refractivity contribution is 6.30. The Labute approximate surface area is 85.4 Å². The molecule has 5 heteroatoms. The number of hydrogen-bond acceptors (Lipinski definition) is 4. The summed E-state index contributed by atoms with van der Waals surface area (Å²) in [5, 5.41) is 9.70. The van der Waals surface area contributed by atoms with E-state index in [1.54, 1.807) is 13.0 Å². The molecule has 1 heterocycles. The summed E-state index contributed by atoms with van der Waals surface area (Å²) in [5.74, 6) is 0.00789. The van der Waals surface area contributed by atoms with E-state index in [4.69, 9.17) is 17.3 Å². The van der Waals surface area contributed by atoms with E-state index in [1.807, 2.05) is 0 Å². The van der Waals surface area contributed by atoms with E-state index < -0.39 is 0 Å². The summed E-state index contributed by atoms with van der Waals surface area (Å²) in [6.07, 6.45) is 0. The Hall–Kier alpha value is -1.55. The van der Waals surface area contributed by atoms with Crippen molar-refractivity contribution in [3.63, 3.8) is 0 Å². The minimum absolute atomic E-state index is 0.00789. The van der Waals surface area contributed by atoms with Gasteiger partial charge < -0.3 is 10.8 Å². The number of phenolic OH excluding ortho intramolecular Hbond substituents is 1. The molecular formula is C9H8ClN3O. The van der Waals surface area contributed by atoms with Crippen molar-refractivity contribution in [3.05, 3.63) is 23.0 Å². The maximum atomic E-state index is 9.35. The average Bonchev–Trinajstić information content (AvgIpc) is 2.15. The molecule has 0 radical (unpaired) electrons. The Morgan fingerprint density at radius 3 is 2.79 bits per heavy atom. The van der Waals surface area contributed by atoms with E-state index in [9.17, 15) is 5.11 Å². The van der Waals surface area contributed by atoms with Gasteiger partial charge in [-0.25, -0.2) is 9.97 Å². The highest BCUT2D eigenvalue weighted by Crippen LogP contribution is 2.28. The van der Waals surface area contributed by atoms with Crippen molar-refractivity contribution >= 4 is 28.3 Å². The number of nitrogens with zero attached hydrogens (tertiary/aromatic N) is 2. The van der Waals surface area contributed by atoms with Crippen LogP contribution in [0, 0.1) is 6.92 Å². The molecule has 3 N–H and O–H groups in total. The molecule has 0 atom stereocenters. The van der Waals surface area contributed by atoms with Gasteiger partial charge in [0.2, 0.25) is 0 Å². The van der Waals surface area contributed by atoms with Gasteiger partial charge in [0, 0.05) is 0 Å². The Morgan fingerprint density at radius 1 is 1.36 bits per heavy atom. The van der Waals surface area contributed by atoms with Crippen LogP contribution in [0.25, 0.3) is 11.0 Å². The smallest absolute Gasteiger partial charge is 0.150 e. The van der Waals surface area contributed by atoms with E-state index >= 15 is 0 Å². The number of anilines is 1. The lowest BCUT2D eigenvalue weighted by molar-refractivity contribution is 0.478. The summed E-state index contributed by atoms with van der Waals surface area (Å²) in [6.45, 7) is 1.73. The molecular weight excluding hydrogens is 202 g/mol. The van der Waals surface area contributed by atoms with Crippen molar-refractivity contribution in [3.8, 4) is 5.75 Å². The van der Waals surface area contributed by atoms with Crippen molar-refractivity contribution in [2.24, 2.45) is 0 Å². The summed E-state index contributed by atoms with van der Waals surface area (Å²) in [5.41, 5.74) is 7.52. The number of benzene rings is 1. The number of aromatic nitrogens is 2. The molecule has 1 aromatic carbocycles. The van der Waals surface area contributed by atoms with E-state index in [0.717, 1.165) is 0 Å². The number of rotatable bonds is 0. The molecule has 14 heavy (non-hydrogen) atoms. The quantitative estimate of drug-likeness (QED) is 0.513. The minimum atomic E-state index is 0.00789. The maximum Gasteiger partial charge on any atom is 0.150 e. The lowest BCUT2D eigenvalue weighted by Crippen LogP contribution is -1.95. The summed E-state index contributed by atoms with van der Waals surface area (Å²) in [7, 11) is 0. The third-order valence-corrected chi connectivity index (χ3v) is 2.33. The van der Waals surface area contributed by atoms with E-state index in [2.05, 4.69) is 9.97 Å². The first kappa shape index (κ1) is 9.02. The van der Waals surface area contributed by atoms with Crippen LogP contribution < -0.4 is 5.73 Å². The number of phenols is 1. The molecule has 0 saturated heterocycles. The number of nitrogens with two attached hydrogens (primary N) is 1. The van der Waals surface area contributed by atoms with Gasteiger partial charge in [0.25, 0.3) is 0 Å². The zero-order valence-electron chi connectivity index (χ0n) is 7.45. The topological polar surface area (TPSA) is 72.0 Å². The second-order valence-corrected chi connectivity index (χ2v) is 3.32. The summed E-state index contributed by atoms with van der Waals surface area (Å²) >= 11 is 5.80. The fourth-order valence-corrected chi connectivity index (χ4v) is 1.33. The highest BCUT2D eigenvalue weighted by Gasteiger charge is 2.08. The first-order valence-electron chi connectivity index (χ1n) is 4.01. The third kappa shape index (κ3) is 1.24.